The van der Waals surface area contributed by atoms with Gasteiger partial charge in [0.05, 0.1) is 11.1 Å². The molecule has 0 aromatic heterocycles. The highest BCUT2D eigenvalue weighted by Gasteiger charge is 2.20. The van der Waals surface area contributed by atoms with E-state index in [4.69, 9.17) is 23.2 Å². The van der Waals surface area contributed by atoms with Gasteiger partial charge in [-0.05, 0) is 35.9 Å². The van der Waals surface area contributed by atoms with Crippen LogP contribution in [0.15, 0.2) is 47.4 Å². The zero-order valence-corrected chi connectivity index (χ0v) is 15.5. The molecule has 0 saturated carbocycles. The van der Waals surface area contributed by atoms with E-state index in [0.717, 1.165) is 5.69 Å². The van der Waals surface area contributed by atoms with Crippen LogP contribution in [0.4, 0.5) is 5.69 Å². The highest BCUT2D eigenvalue weighted by atomic mass is 35.5. The summed E-state index contributed by atoms with van der Waals surface area (Å²) in [5.74, 6) is 0. The zero-order chi connectivity index (χ0) is 17.9. The van der Waals surface area contributed by atoms with Gasteiger partial charge in [0.25, 0.3) is 0 Å². The minimum Gasteiger partial charge on any atom is -0.387 e. The summed E-state index contributed by atoms with van der Waals surface area (Å²) in [7, 11) is -0.0507. The number of halogens is 2. The zero-order valence-electron chi connectivity index (χ0n) is 13.2. The second-order valence-electron chi connectivity index (χ2n) is 5.43. The normalized spacial score (nSPS) is 12.9. The van der Waals surface area contributed by atoms with Crippen LogP contribution in [-0.4, -0.2) is 34.2 Å². The average Bonchev–Trinajstić information content (AvgIpc) is 2.55. The quantitative estimate of drug-likeness (QED) is 0.797. The number of sulfonamides is 1. The molecule has 0 aliphatic rings. The van der Waals surface area contributed by atoms with Gasteiger partial charge >= 0.3 is 0 Å². The summed E-state index contributed by atoms with van der Waals surface area (Å²) in [6.45, 7) is -0.174. The number of anilines is 1. The van der Waals surface area contributed by atoms with Gasteiger partial charge in [-0.2, -0.15) is 0 Å². The van der Waals surface area contributed by atoms with Crippen LogP contribution in [-0.2, 0) is 10.0 Å². The molecule has 0 saturated heterocycles. The largest absolute Gasteiger partial charge is 0.387 e. The lowest BCUT2D eigenvalue weighted by molar-refractivity contribution is 0.182. The van der Waals surface area contributed by atoms with Crippen molar-refractivity contribution in [1.82, 2.24) is 4.72 Å². The molecule has 1 unspecified atom stereocenters. The van der Waals surface area contributed by atoms with E-state index >= 15 is 0 Å². The number of benzene rings is 2. The smallest absolute Gasteiger partial charge is 0.242 e. The predicted octanol–water partition coefficient (Wildman–Crippen LogP) is 3.07. The average molecular weight is 389 g/mol. The summed E-state index contributed by atoms with van der Waals surface area (Å²) in [6, 6.07) is 11.4. The van der Waals surface area contributed by atoms with Crippen LogP contribution < -0.4 is 9.62 Å². The SMILES string of the molecule is CN(C)c1ccc(C(O)CNS(=O)(=O)c2cc(Cl)ccc2Cl)cc1. The number of aliphatic hydroxyl groups excluding tert-OH is 1. The van der Waals surface area contributed by atoms with E-state index in [9.17, 15) is 13.5 Å². The van der Waals surface area contributed by atoms with E-state index in [1.165, 1.54) is 18.2 Å². The molecule has 8 heteroatoms. The molecule has 0 amide bonds. The lowest BCUT2D eigenvalue weighted by atomic mass is 10.1. The number of hydrogen-bond donors (Lipinski definition) is 2. The number of rotatable bonds is 6. The number of aliphatic hydroxyl groups is 1. The maximum absolute atomic E-state index is 12.3. The molecule has 0 aliphatic heterocycles. The molecule has 2 rings (SSSR count). The van der Waals surface area contributed by atoms with E-state index in [2.05, 4.69) is 4.72 Å². The van der Waals surface area contributed by atoms with Gasteiger partial charge in [0, 0.05) is 31.4 Å². The molecule has 0 radical (unpaired) electrons. The summed E-state index contributed by atoms with van der Waals surface area (Å²) in [4.78, 5) is 1.81. The molecule has 2 N–H and O–H groups in total. The maximum atomic E-state index is 12.3. The molecule has 5 nitrogen and oxygen atoms in total. The Morgan fingerprint density at radius 1 is 1.12 bits per heavy atom. The molecule has 0 heterocycles. The van der Waals surface area contributed by atoms with Crippen molar-refractivity contribution in [3.05, 3.63) is 58.1 Å². The van der Waals surface area contributed by atoms with E-state index in [1.807, 2.05) is 31.1 Å². The van der Waals surface area contributed by atoms with Crippen molar-refractivity contribution in [2.75, 3.05) is 25.5 Å². The van der Waals surface area contributed by atoms with Crippen molar-refractivity contribution in [2.45, 2.75) is 11.0 Å². The topological polar surface area (TPSA) is 69.6 Å². The van der Waals surface area contributed by atoms with Gasteiger partial charge < -0.3 is 10.0 Å². The summed E-state index contributed by atoms with van der Waals surface area (Å²) in [6.07, 6.45) is -0.978. The Bertz CT molecular complexity index is 809. The Labute approximate surface area is 151 Å². The first-order valence-electron chi connectivity index (χ1n) is 7.11. The van der Waals surface area contributed by atoms with Crippen molar-refractivity contribution >= 4 is 38.9 Å². The van der Waals surface area contributed by atoms with Crippen LogP contribution >= 0.6 is 23.2 Å². The second kappa shape index (κ2) is 7.72. The molecule has 0 bridgehead atoms. The Hall–Kier alpha value is -1.31. The Morgan fingerprint density at radius 3 is 2.33 bits per heavy atom. The maximum Gasteiger partial charge on any atom is 0.242 e. The van der Waals surface area contributed by atoms with Crippen molar-refractivity contribution in [3.63, 3.8) is 0 Å². The molecule has 0 fully saturated rings. The first-order chi connectivity index (χ1) is 11.2. The molecule has 130 valence electrons. The van der Waals surface area contributed by atoms with Gasteiger partial charge in [0.1, 0.15) is 4.90 Å². The fraction of sp³-hybridized carbons (Fsp3) is 0.250. The highest BCUT2D eigenvalue weighted by Crippen LogP contribution is 2.25. The molecule has 0 aliphatic carbocycles. The van der Waals surface area contributed by atoms with Gasteiger partial charge in [-0.3, -0.25) is 0 Å². The van der Waals surface area contributed by atoms with Crippen molar-refractivity contribution < 1.29 is 13.5 Å². The lowest BCUT2D eigenvalue weighted by Gasteiger charge is -2.16. The Morgan fingerprint density at radius 2 is 1.75 bits per heavy atom. The molecule has 2 aromatic rings. The fourth-order valence-electron chi connectivity index (χ4n) is 2.06. The number of nitrogens with zero attached hydrogens (tertiary/aromatic N) is 1. The lowest BCUT2D eigenvalue weighted by Crippen LogP contribution is -2.28. The second-order valence-corrected chi connectivity index (χ2v) is 8.01. The third-order valence-corrected chi connectivity index (χ3v) is 5.58. The third-order valence-electron chi connectivity index (χ3n) is 3.44. The van der Waals surface area contributed by atoms with Crippen LogP contribution in [0.3, 0.4) is 0 Å². The monoisotopic (exact) mass is 388 g/mol. The van der Waals surface area contributed by atoms with Crippen molar-refractivity contribution in [3.8, 4) is 0 Å². The van der Waals surface area contributed by atoms with Gasteiger partial charge in [0.2, 0.25) is 10.0 Å². The number of hydrogen-bond acceptors (Lipinski definition) is 4. The van der Waals surface area contributed by atoms with E-state index in [0.29, 0.717) is 5.56 Å². The molecule has 24 heavy (non-hydrogen) atoms. The third kappa shape index (κ3) is 4.62. The first kappa shape index (κ1) is 19.0. The summed E-state index contributed by atoms with van der Waals surface area (Å²) in [5.41, 5.74) is 1.60. The van der Waals surface area contributed by atoms with E-state index < -0.39 is 16.1 Å². The van der Waals surface area contributed by atoms with Gasteiger partial charge in [-0.25, -0.2) is 13.1 Å². The van der Waals surface area contributed by atoms with E-state index in [-0.39, 0.29) is 21.5 Å². The summed E-state index contributed by atoms with van der Waals surface area (Å²) < 4.78 is 27.0. The van der Waals surface area contributed by atoms with Crippen LogP contribution in [0.1, 0.15) is 11.7 Å². The Kier molecular flexibility index (Phi) is 6.11. The molecular weight excluding hydrogens is 371 g/mol. The fourth-order valence-corrected chi connectivity index (χ4v) is 3.86. The van der Waals surface area contributed by atoms with Crippen molar-refractivity contribution in [2.24, 2.45) is 0 Å². The van der Waals surface area contributed by atoms with Crippen LogP contribution in [0, 0.1) is 0 Å². The van der Waals surface area contributed by atoms with Gasteiger partial charge in [-0.1, -0.05) is 35.3 Å². The summed E-state index contributed by atoms with van der Waals surface area (Å²) >= 11 is 11.7. The minimum absolute atomic E-state index is 0.0664. The predicted molar refractivity (Wildman–Crippen MR) is 97.4 cm³/mol. The summed E-state index contributed by atoms with van der Waals surface area (Å²) in [5, 5.41) is 10.5. The molecule has 0 spiro atoms. The standard InChI is InChI=1S/C16H18Cl2N2O3S/c1-20(2)13-6-3-11(4-7-13)15(21)10-19-24(22,23)16-9-12(17)5-8-14(16)18/h3-9,15,19,21H,10H2,1-2H3. The van der Waals surface area contributed by atoms with Gasteiger partial charge in [-0.15, -0.1) is 0 Å². The molecule has 2 aromatic carbocycles. The number of nitrogens with one attached hydrogen (secondary N) is 1. The van der Waals surface area contributed by atoms with Crippen LogP contribution in [0.25, 0.3) is 0 Å². The van der Waals surface area contributed by atoms with Crippen molar-refractivity contribution in [1.29, 1.82) is 0 Å². The first-order valence-corrected chi connectivity index (χ1v) is 9.34. The molecule has 1 atom stereocenters. The molecular formula is C16H18Cl2N2O3S. The van der Waals surface area contributed by atoms with Crippen LogP contribution in [0.2, 0.25) is 10.0 Å². The van der Waals surface area contributed by atoms with Gasteiger partial charge in [0.15, 0.2) is 0 Å². The van der Waals surface area contributed by atoms with Crippen LogP contribution in [0.5, 0.6) is 0 Å². The highest BCUT2D eigenvalue weighted by molar-refractivity contribution is 7.89. The Balaban J connectivity index is 2.10. The van der Waals surface area contributed by atoms with E-state index in [1.54, 1.807) is 12.1 Å². The minimum atomic E-state index is -3.87.